The lowest BCUT2D eigenvalue weighted by atomic mass is 10.0. The summed E-state index contributed by atoms with van der Waals surface area (Å²) in [5, 5.41) is 14.5. The van der Waals surface area contributed by atoms with Crippen LogP contribution in [0.2, 0.25) is 0 Å². The Balaban J connectivity index is 1.77. The number of hydrogen-bond acceptors (Lipinski definition) is 3. The third-order valence-electron chi connectivity index (χ3n) is 6.25. The van der Waals surface area contributed by atoms with Gasteiger partial charge in [-0.1, -0.05) is 60.7 Å². The summed E-state index contributed by atoms with van der Waals surface area (Å²) in [7, 11) is 0. The zero-order valence-electron chi connectivity index (χ0n) is 19.6. The standard InChI is InChI=1S/C28H25FN4O2/c1-18-15-22(16-19(2)24(18)29)26-27(23-17-32(28(34)35)13-14-33(23)31-26)30-25(20-9-5-3-6-10-20)21-11-7-4-8-12-21/h3-12,15-16H,13-14,17H2,1-2H3,(H,34,35). The van der Waals surface area contributed by atoms with Crippen LogP contribution in [0.1, 0.15) is 27.9 Å². The quantitative estimate of drug-likeness (QED) is 0.375. The molecule has 0 bridgehead atoms. The van der Waals surface area contributed by atoms with Crippen LogP contribution in [0.15, 0.2) is 77.8 Å². The van der Waals surface area contributed by atoms with Gasteiger partial charge in [-0.2, -0.15) is 5.10 Å². The zero-order chi connectivity index (χ0) is 24.5. The van der Waals surface area contributed by atoms with Gasteiger partial charge in [0.1, 0.15) is 17.2 Å². The average molecular weight is 469 g/mol. The maximum absolute atomic E-state index is 14.4. The van der Waals surface area contributed by atoms with Crippen LogP contribution in [-0.2, 0) is 13.1 Å². The van der Waals surface area contributed by atoms with Crippen molar-refractivity contribution in [2.24, 2.45) is 4.99 Å². The van der Waals surface area contributed by atoms with Crippen LogP contribution in [0.4, 0.5) is 14.9 Å². The first-order valence-electron chi connectivity index (χ1n) is 11.5. The molecule has 0 aliphatic carbocycles. The zero-order valence-corrected chi connectivity index (χ0v) is 19.6. The number of carboxylic acid groups (broad SMARTS) is 1. The van der Waals surface area contributed by atoms with Crippen molar-refractivity contribution in [3.8, 4) is 11.3 Å². The minimum atomic E-state index is -0.978. The molecule has 7 heteroatoms. The number of aliphatic imine (C=N–C) groups is 1. The van der Waals surface area contributed by atoms with E-state index in [0.29, 0.717) is 35.6 Å². The summed E-state index contributed by atoms with van der Waals surface area (Å²) in [5.74, 6) is -0.242. The highest BCUT2D eigenvalue weighted by molar-refractivity contribution is 6.14. The molecule has 0 atom stereocenters. The second kappa shape index (κ2) is 9.18. The molecular weight excluding hydrogens is 443 g/mol. The molecule has 35 heavy (non-hydrogen) atoms. The molecule has 1 aromatic heterocycles. The fraction of sp³-hybridized carbons (Fsp3) is 0.179. The van der Waals surface area contributed by atoms with Gasteiger partial charge in [0.15, 0.2) is 0 Å². The van der Waals surface area contributed by atoms with Crippen molar-refractivity contribution < 1.29 is 14.3 Å². The number of carbonyl (C=O) groups is 1. The predicted octanol–water partition coefficient (Wildman–Crippen LogP) is 5.97. The van der Waals surface area contributed by atoms with Crippen LogP contribution in [0, 0.1) is 19.7 Å². The summed E-state index contributed by atoms with van der Waals surface area (Å²) in [6, 6.07) is 23.3. The van der Waals surface area contributed by atoms with Gasteiger partial charge in [0.2, 0.25) is 0 Å². The molecule has 0 spiro atoms. The smallest absolute Gasteiger partial charge is 0.407 e. The van der Waals surface area contributed by atoms with Gasteiger partial charge in [-0.15, -0.1) is 0 Å². The molecule has 0 radical (unpaired) electrons. The number of nitrogens with zero attached hydrogens (tertiary/aromatic N) is 4. The van der Waals surface area contributed by atoms with Crippen molar-refractivity contribution in [1.82, 2.24) is 14.7 Å². The Kier molecular flexibility index (Phi) is 5.91. The fourth-order valence-electron chi connectivity index (χ4n) is 4.46. The number of fused-ring (bicyclic) bond motifs is 1. The Labute approximate surface area is 203 Å². The monoisotopic (exact) mass is 468 g/mol. The van der Waals surface area contributed by atoms with Crippen LogP contribution in [0.25, 0.3) is 11.3 Å². The minimum absolute atomic E-state index is 0.178. The Morgan fingerprint density at radius 1 is 0.943 bits per heavy atom. The highest BCUT2D eigenvalue weighted by Gasteiger charge is 2.28. The first-order chi connectivity index (χ1) is 16.9. The lowest BCUT2D eigenvalue weighted by molar-refractivity contribution is 0.131. The van der Waals surface area contributed by atoms with Crippen molar-refractivity contribution in [2.45, 2.75) is 26.9 Å². The molecule has 0 unspecified atom stereocenters. The van der Waals surface area contributed by atoms with Crippen LogP contribution in [-0.4, -0.2) is 38.1 Å². The molecule has 2 heterocycles. The lowest BCUT2D eigenvalue weighted by Gasteiger charge is -2.25. The molecule has 6 nitrogen and oxygen atoms in total. The first-order valence-corrected chi connectivity index (χ1v) is 11.5. The number of hydrogen-bond donors (Lipinski definition) is 1. The molecule has 3 aromatic carbocycles. The van der Waals surface area contributed by atoms with Gasteiger partial charge in [0, 0.05) is 23.2 Å². The van der Waals surface area contributed by atoms with E-state index in [2.05, 4.69) is 0 Å². The first kappa shape index (κ1) is 22.5. The number of rotatable bonds is 4. The van der Waals surface area contributed by atoms with E-state index in [1.54, 1.807) is 26.0 Å². The van der Waals surface area contributed by atoms with Crippen molar-refractivity contribution in [3.05, 3.63) is 107 Å². The van der Waals surface area contributed by atoms with Crippen molar-refractivity contribution in [3.63, 3.8) is 0 Å². The van der Waals surface area contributed by atoms with Gasteiger partial charge in [0.05, 0.1) is 24.5 Å². The van der Waals surface area contributed by atoms with Crippen molar-refractivity contribution in [1.29, 1.82) is 0 Å². The Bertz CT molecular complexity index is 1360. The summed E-state index contributed by atoms with van der Waals surface area (Å²) in [6.07, 6.45) is -0.978. The lowest BCUT2D eigenvalue weighted by Crippen LogP contribution is -2.37. The van der Waals surface area contributed by atoms with E-state index >= 15 is 0 Å². The topological polar surface area (TPSA) is 70.7 Å². The van der Waals surface area contributed by atoms with Gasteiger partial charge in [-0.05, 0) is 37.1 Å². The second-order valence-corrected chi connectivity index (χ2v) is 8.69. The third-order valence-corrected chi connectivity index (χ3v) is 6.25. The molecule has 176 valence electrons. The average Bonchev–Trinajstić information content (AvgIpc) is 3.24. The molecule has 0 fully saturated rings. The fourth-order valence-corrected chi connectivity index (χ4v) is 4.46. The Hall–Kier alpha value is -4.26. The largest absolute Gasteiger partial charge is 0.465 e. The van der Waals surface area contributed by atoms with Gasteiger partial charge in [0.25, 0.3) is 0 Å². The number of benzene rings is 3. The Morgan fingerprint density at radius 2 is 1.51 bits per heavy atom. The molecule has 1 amide bonds. The summed E-state index contributed by atoms with van der Waals surface area (Å²) in [4.78, 5) is 18.3. The van der Waals surface area contributed by atoms with Gasteiger partial charge < -0.3 is 10.0 Å². The van der Waals surface area contributed by atoms with E-state index < -0.39 is 6.09 Å². The molecule has 0 saturated heterocycles. The molecule has 0 saturated carbocycles. The highest BCUT2D eigenvalue weighted by atomic mass is 19.1. The van der Waals surface area contributed by atoms with Gasteiger partial charge in [-0.25, -0.2) is 14.2 Å². The molecule has 1 aliphatic rings. The van der Waals surface area contributed by atoms with Crippen molar-refractivity contribution in [2.75, 3.05) is 6.54 Å². The maximum atomic E-state index is 14.4. The normalized spacial score (nSPS) is 12.8. The van der Waals surface area contributed by atoms with Crippen LogP contribution in [0.5, 0.6) is 0 Å². The third kappa shape index (κ3) is 4.33. The molecule has 1 N–H and O–H groups in total. The van der Waals surface area contributed by atoms with Crippen molar-refractivity contribution >= 4 is 17.5 Å². The van der Waals surface area contributed by atoms with Gasteiger partial charge >= 0.3 is 6.09 Å². The molecular formula is C28H25FN4O2. The van der Waals surface area contributed by atoms with E-state index in [1.165, 1.54) is 4.90 Å². The Morgan fingerprint density at radius 3 is 2.06 bits per heavy atom. The van der Waals surface area contributed by atoms with E-state index in [-0.39, 0.29) is 12.4 Å². The molecule has 1 aliphatic heterocycles. The summed E-state index contributed by atoms with van der Waals surface area (Å²) >= 11 is 0. The van der Waals surface area contributed by atoms with E-state index in [0.717, 1.165) is 28.1 Å². The highest BCUT2D eigenvalue weighted by Crippen LogP contribution is 2.37. The summed E-state index contributed by atoms with van der Waals surface area (Å²) < 4.78 is 16.3. The molecule has 5 rings (SSSR count). The van der Waals surface area contributed by atoms with E-state index in [9.17, 15) is 14.3 Å². The predicted molar refractivity (Wildman–Crippen MR) is 134 cm³/mol. The van der Waals surface area contributed by atoms with Crippen LogP contribution < -0.4 is 0 Å². The van der Waals surface area contributed by atoms with E-state index in [1.807, 2.05) is 65.3 Å². The van der Waals surface area contributed by atoms with Crippen LogP contribution >= 0.6 is 0 Å². The SMILES string of the molecule is Cc1cc(-c2nn3c(c2N=C(c2ccccc2)c2ccccc2)CN(C(=O)O)CC3)cc(C)c1F. The van der Waals surface area contributed by atoms with Crippen LogP contribution in [0.3, 0.4) is 0 Å². The number of halogens is 1. The summed E-state index contributed by atoms with van der Waals surface area (Å²) in [6.45, 7) is 4.41. The minimum Gasteiger partial charge on any atom is -0.465 e. The van der Waals surface area contributed by atoms with Gasteiger partial charge in [-0.3, -0.25) is 4.68 Å². The number of aryl methyl sites for hydroxylation is 2. The second-order valence-electron chi connectivity index (χ2n) is 8.69. The number of aromatic nitrogens is 2. The maximum Gasteiger partial charge on any atom is 0.407 e. The number of amides is 1. The summed E-state index contributed by atoms with van der Waals surface area (Å²) in [5.41, 5.74) is 6.36. The molecule has 4 aromatic rings. The van der Waals surface area contributed by atoms with E-state index in [4.69, 9.17) is 10.1 Å².